The molecule has 0 aliphatic carbocycles. The summed E-state index contributed by atoms with van der Waals surface area (Å²) in [6, 6.07) is 5.32. The molecule has 0 amide bonds. The maximum Gasteiger partial charge on any atom is 0.123 e. The van der Waals surface area contributed by atoms with Crippen LogP contribution in [0.4, 0.5) is 5.69 Å². The van der Waals surface area contributed by atoms with Crippen LogP contribution in [0, 0.1) is 0 Å². The minimum Gasteiger partial charge on any atom is -0.507 e. The summed E-state index contributed by atoms with van der Waals surface area (Å²) in [6.07, 6.45) is -0.629. The Balaban J connectivity index is 3.00. The van der Waals surface area contributed by atoms with E-state index in [1.165, 1.54) is 0 Å². The molecule has 1 aromatic rings. The average molecular weight is 195 g/mol. The lowest BCUT2D eigenvalue weighted by atomic mass is 10.1. The zero-order valence-corrected chi connectivity index (χ0v) is 8.86. The third kappa shape index (κ3) is 2.17. The van der Waals surface area contributed by atoms with Crippen molar-refractivity contribution in [3.63, 3.8) is 0 Å². The van der Waals surface area contributed by atoms with Gasteiger partial charge >= 0.3 is 0 Å². The van der Waals surface area contributed by atoms with Crippen molar-refractivity contribution in [3.05, 3.63) is 23.8 Å². The first-order chi connectivity index (χ1) is 6.56. The number of nitrogens with zero attached hydrogens (tertiary/aromatic N) is 1. The van der Waals surface area contributed by atoms with Gasteiger partial charge in [-0.3, -0.25) is 0 Å². The van der Waals surface area contributed by atoms with E-state index >= 15 is 0 Å². The maximum absolute atomic E-state index is 9.62. The highest BCUT2D eigenvalue weighted by molar-refractivity contribution is 5.53. The number of anilines is 1. The molecule has 0 spiro atoms. The highest BCUT2D eigenvalue weighted by atomic mass is 16.3. The summed E-state index contributed by atoms with van der Waals surface area (Å²) >= 11 is 0. The van der Waals surface area contributed by atoms with Gasteiger partial charge in [0.05, 0.1) is 6.10 Å². The van der Waals surface area contributed by atoms with Gasteiger partial charge in [0, 0.05) is 30.9 Å². The minimum absolute atomic E-state index is 0.151. The number of phenols is 1. The summed E-state index contributed by atoms with van der Waals surface area (Å²) < 4.78 is 0. The van der Waals surface area contributed by atoms with Crippen LogP contribution < -0.4 is 4.90 Å². The molecule has 0 aliphatic heterocycles. The van der Waals surface area contributed by atoms with Gasteiger partial charge < -0.3 is 15.1 Å². The molecule has 0 aliphatic rings. The Morgan fingerprint density at radius 1 is 1.43 bits per heavy atom. The van der Waals surface area contributed by atoms with Gasteiger partial charge in [-0.05, 0) is 19.9 Å². The quantitative estimate of drug-likeness (QED) is 0.774. The second-order valence-corrected chi connectivity index (χ2v) is 3.43. The number of phenolic OH excluding ortho intramolecular Hbond substituents is 1. The van der Waals surface area contributed by atoms with E-state index < -0.39 is 6.10 Å². The molecular weight excluding hydrogens is 178 g/mol. The van der Waals surface area contributed by atoms with E-state index in [9.17, 15) is 10.2 Å². The van der Waals surface area contributed by atoms with Gasteiger partial charge in [-0.2, -0.15) is 0 Å². The number of rotatable bonds is 3. The molecule has 1 rings (SSSR count). The summed E-state index contributed by atoms with van der Waals surface area (Å²) in [5.74, 6) is 0.151. The molecule has 0 saturated heterocycles. The Hall–Kier alpha value is -1.22. The molecule has 0 fully saturated rings. The van der Waals surface area contributed by atoms with Crippen LogP contribution in [0.25, 0.3) is 0 Å². The van der Waals surface area contributed by atoms with Crippen LogP contribution in [-0.2, 0) is 0 Å². The average Bonchev–Trinajstić information content (AvgIpc) is 2.15. The summed E-state index contributed by atoms with van der Waals surface area (Å²) in [5.41, 5.74) is 1.52. The van der Waals surface area contributed by atoms with Crippen molar-refractivity contribution in [2.24, 2.45) is 0 Å². The van der Waals surface area contributed by atoms with E-state index in [4.69, 9.17) is 0 Å². The van der Waals surface area contributed by atoms with E-state index in [0.29, 0.717) is 5.56 Å². The Bertz CT molecular complexity index is 310. The normalized spacial score (nSPS) is 12.6. The Labute approximate surface area is 84.6 Å². The lowest BCUT2D eigenvalue weighted by molar-refractivity contribution is 0.195. The van der Waals surface area contributed by atoms with Crippen LogP contribution in [0.1, 0.15) is 25.5 Å². The number of aromatic hydroxyl groups is 1. The fourth-order valence-corrected chi connectivity index (χ4v) is 1.31. The Kier molecular flexibility index (Phi) is 3.36. The first-order valence-electron chi connectivity index (χ1n) is 4.78. The molecular formula is C11H17NO2. The second kappa shape index (κ2) is 4.33. The van der Waals surface area contributed by atoms with Crippen molar-refractivity contribution in [2.45, 2.75) is 20.0 Å². The highest BCUT2D eigenvalue weighted by Crippen LogP contribution is 2.28. The summed E-state index contributed by atoms with van der Waals surface area (Å²) in [5, 5.41) is 18.9. The van der Waals surface area contributed by atoms with E-state index in [2.05, 4.69) is 0 Å². The topological polar surface area (TPSA) is 43.7 Å². The fraction of sp³-hybridized carbons (Fsp3) is 0.455. The number of hydrogen-bond acceptors (Lipinski definition) is 3. The van der Waals surface area contributed by atoms with Crippen molar-refractivity contribution < 1.29 is 10.2 Å². The molecule has 0 saturated carbocycles. The molecule has 0 aromatic heterocycles. The van der Waals surface area contributed by atoms with E-state index in [0.717, 1.165) is 12.2 Å². The molecule has 2 N–H and O–H groups in total. The summed E-state index contributed by atoms with van der Waals surface area (Å²) in [4.78, 5) is 2.02. The van der Waals surface area contributed by atoms with Crippen molar-refractivity contribution >= 4 is 5.69 Å². The lowest BCUT2D eigenvalue weighted by Gasteiger charge is -2.18. The van der Waals surface area contributed by atoms with Gasteiger partial charge in [0.1, 0.15) is 5.75 Å². The van der Waals surface area contributed by atoms with Crippen LogP contribution in [0.5, 0.6) is 5.75 Å². The van der Waals surface area contributed by atoms with Gasteiger partial charge in [-0.1, -0.05) is 6.07 Å². The molecule has 1 atom stereocenters. The van der Waals surface area contributed by atoms with Crippen molar-refractivity contribution in [1.29, 1.82) is 0 Å². The molecule has 0 heterocycles. The van der Waals surface area contributed by atoms with Crippen molar-refractivity contribution in [2.75, 3.05) is 18.5 Å². The monoisotopic (exact) mass is 195 g/mol. The predicted molar refractivity (Wildman–Crippen MR) is 57.7 cm³/mol. The van der Waals surface area contributed by atoms with Crippen LogP contribution in [0.2, 0.25) is 0 Å². The first-order valence-corrected chi connectivity index (χ1v) is 4.78. The number of aliphatic hydroxyl groups excluding tert-OH is 1. The van der Waals surface area contributed by atoms with Gasteiger partial charge in [0.25, 0.3) is 0 Å². The molecule has 1 aromatic carbocycles. The fourth-order valence-electron chi connectivity index (χ4n) is 1.31. The molecule has 1 unspecified atom stereocenters. The largest absolute Gasteiger partial charge is 0.507 e. The number of benzene rings is 1. The zero-order chi connectivity index (χ0) is 10.7. The molecule has 3 heteroatoms. The maximum atomic E-state index is 9.62. The lowest BCUT2D eigenvalue weighted by Crippen LogP contribution is -2.15. The smallest absolute Gasteiger partial charge is 0.123 e. The van der Waals surface area contributed by atoms with Gasteiger partial charge in [-0.15, -0.1) is 0 Å². The van der Waals surface area contributed by atoms with Crippen molar-refractivity contribution in [1.82, 2.24) is 0 Å². The van der Waals surface area contributed by atoms with E-state index in [1.54, 1.807) is 19.1 Å². The summed E-state index contributed by atoms with van der Waals surface area (Å²) in [7, 11) is 1.96. The molecule has 78 valence electrons. The first kappa shape index (κ1) is 10.9. The molecule has 0 radical (unpaired) electrons. The number of hydrogen-bond donors (Lipinski definition) is 2. The Morgan fingerprint density at radius 3 is 2.50 bits per heavy atom. The van der Waals surface area contributed by atoms with Gasteiger partial charge in [0.2, 0.25) is 0 Å². The molecule has 14 heavy (non-hydrogen) atoms. The van der Waals surface area contributed by atoms with Gasteiger partial charge in [0.15, 0.2) is 0 Å². The van der Waals surface area contributed by atoms with E-state index in [-0.39, 0.29) is 5.75 Å². The molecule has 0 bridgehead atoms. The van der Waals surface area contributed by atoms with Crippen LogP contribution >= 0.6 is 0 Å². The second-order valence-electron chi connectivity index (χ2n) is 3.43. The van der Waals surface area contributed by atoms with Gasteiger partial charge in [-0.25, -0.2) is 0 Å². The van der Waals surface area contributed by atoms with Crippen LogP contribution in [0.3, 0.4) is 0 Å². The standard InChI is InChI=1S/C11H17NO2/c1-4-12(3)9-5-6-10(8(2)13)11(14)7-9/h5-8,13-14H,4H2,1-3H3. The number of aliphatic hydroxyl groups is 1. The third-order valence-corrected chi connectivity index (χ3v) is 2.38. The highest BCUT2D eigenvalue weighted by Gasteiger charge is 2.08. The van der Waals surface area contributed by atoms with Crippen LogP contribution in [0.15, 0.2) is 18.2 Å². The summed E-state index contributed by atoms with van der Waals surface area (Å²) in [6.45, 7) is 4.56. The Morgan fingerprint density at radius 2 is 2.07 bits per heavy atom. The zero-order valence-electron chi connectivity index (χ0n) is 8.86. The van der Waals surface area contributed by atoms with E-state index in [1.807, 2.05) is 24.9 Å². The molecule has 3 nitrogen and oxygen atoms in total. The van der Waals surface area contributed by atoms with Crippen molar-refractivity contribution in [3.8, 4) is 5.75 Å². The third-order valence-electron chi connectivity index (χ3n) is 2.38. The van der Waals surface area contributed by atoms with Crippen LogP contribution in [-0.4, -0.2) is 23.8 Å². The predicted octanol–water partition coefficient (Wildman–Crippen LogP) is 1.90. The SMILES string of the molecule is CCN(C)c1ccc(C(C)O)c(O)c1. The minimum atomic E-state index is -0.629.